The second-order valence-electron chi connectivity index (χ2n) is 6.53. The molecular weight excluding hydrogens is 314 g/mol. The van der Waals surface area contributed by atoms with E-state index in [1.54, 1.807) is 0 Å². The minimum absolute atomic E-state index is 0.00959. The second kappa shape index (κ2) is 7.94. The number of para-hydroxylation sites is 1. The van der Waals surface area contributed by atoms with E-state index in [1.807, 2.05) is 66.5 Å². The maximum Gasteiger partial charge on any atom is 0.251 e. The number of likely N-dealkylation sites (N-methyl/N-ethyl adjacent to an activating group) is 1. The van der Waals surface area contributed by atoms with Gasteiger partial charge in [0.2, 0.25) is 5.91 Å². The summed E-state index contributed by atoms with van der Waals surface area (Å²) < 4.78 is 0. The third-order valence-corrected chi connectivity index (χ3v) is 4.05. The predicted molar refractivity (Wildman–Crippen MR) is 98.3 cm³/mol. The van der Waals surface area contributed by atoms with Crippen molar-refractivity contribution in [3.63, 3.8) is 0 Å². The third kappa shape index (κ3) is 5.43. The first-order valence-corrected chi connectivity index (χ1v) is 8.53. The molecule has 1 saturated carbocycles. The number of amides is 2. The van der Waals surface area contributed by atoms with Crippen LogP contribution in [0.2, 0.25) is 0 Å². The zero-order valence-corrected chi connectivity index (χ0v) is 14.4. The van der Waals surface area contributed by atoms with Crippen molar-refractivity contribution >= 4 is 17.5 Å². The van der Waals surface area contributed by atoms with Crippen LogP contribution < -0.4 is 10.6 Å². The lowest BCUT2D eigenvalue weighted by Gasteiger charge is -2.16. The highest BCUT2D eigenvalue weighted by Crippen LogP contribution is 2.19. The first kappa shape index (κ1) is 17.2. The Labute approximate surface area is 148 Å². The van der Waals surface area contributed by atoms with E-state index in [-0.39, 0.29) is 11.8 Å². The highest BCUT2D eigenvalue weighted by Gasteiger charge is 2.23. The van der Waals surface area contributed by atoms with Crippen LogP contribution in [0.1, 0.15) is 28.8 Å². The molecule has 2 N–H and O–H groups in total. The van der Waals surface area contributed by atoms with Crippen LogP contribution in [0.3, 0.4) is 0 Å². The summed E-state index contributed by atoms with van der Waals surface area (Å²) in [6, 6.07) is 17.3. The molecule has 5 heteroatoms. The van der Waals surface area contributed by atoms with Crippen LogP contribution in [-0.2, 0) is 11.3 Å². The summed E-state index contributed by atoms with van der Waals surface area (Å²) in [7, 11) is 1.90. The predicted octanol–water partition coefficient (Wildman–Crippen LogP) is 2.65. The molecule has 0 aromatic heterocycles. The fourth-order valence-electron chi connectivity index (χ4n) is 2.59. The normalized spacial score (nSPS) is 13.5. The molecule has 2 aromatic rings. The number of nitrogens with zero attached hydrogens (tertiary/aromatic N) is 1. The van der Waals surface area contributed by atoms with Crippen LogP contribution in [0.4, 0.5) is 5.69 Å². The van der Waals surface area contributed by atoms with E-state index in [4.69, 9.17) is 0 Å². The van der Waals surface area contributed by atoms with Crippen molar-refractivity contribution in [1.82, 2.24) is 10.2 Å². The molecule has 0 unspecified atom stereocenters. The summed E-state index contributed by atoms with van der Waals surface area (Å²) in [5.74, 6) is -0.0567. The van der Waals surface area contributed by atoms with Crippen molar-refractivity contribution in [3.05, 3.63) is 65.7 Å². The maximum atomic E-state index is 12.1. The monoisotopic (exact) mass is 337 g/mol. The summed E-state index contributed by atoms with van der Waals surface area (Å²) in [6.07, 6.45) is 2.17. The van der Waals surface area contributed by atoms with Gasteiger partial charge in [-0.1, -0.05) is 30.3 Å². The quantitative estimate of drug-likeness (QED) is 0.816. The molecular formula is C20H23N3O2. The molecule has 0 heterocycles. The molecule has 2 aromatic carbocycles. The molecule has 0 aliphatic heterocycles. The van der Waals surface area contributed by atoms with Gasteiger partial charge in [-0.15, -0.1) is 0 Å². The fourth-order valence-corrected chi connectivity index (χ4v) is 2.59. The third-order valence-electron chi connectivity index (χ3n) is 4.05. The summed E-state index contributed by atoms with van der Waals surface area (Å²) in [5, 5.41) is 5.85. The Balaban J connectivity index is 1.47. The molecule has 0 saturated heterocycles. The number of hydrogen-bond donors (Lipinski definition) is 2. The number of benzene rings is 2. The standard InChI is InChI=1S/C20H23N3O2/c1-23(14-19(24)21-17-5-3-2-4-6-17)13-15-7-9-16(10-8-15)20(25)22-18-11-12-18/h2-10,18H,11-14H2,1H3,(H,21,24)(H,22,25). The molecule has 1 aliphatic rings. The van der Waals surface area contributed by atoms with Crippen molar-refractivity contribution < 1.29 is 9.59 Å². The lowest BCUT2D eigenvalue weighted by atomic mass is 10.1. The fraction of sp³-hybridized carbons (Fsp3) is 0.300. The summed E-state index contributed by atoms with van der Waals surface area (Å²) in [5.41, 5.74) is 2.55. The highest BCUT2D eigenvalue weighted by atomic mass is 16.2. The van der Waals surface area contributed by atoms with E-state index in [9.17, 15) is 9.59 Å². The number of nitrogens with one attached hydrogen (secondary N) is 2. The Morgan fingerprint density at radius 2 is 1.72 bits per heavy atom. The van der Waals surface area contributed by atoms with E-state index >= 15 is 0 Å². The zero-order valence-electron chi connectivity index (χ0n) is 14.4. The van der Waals surface area contributed by atoms with Crippen molar-refractivity contribution in [2.75, 3.05) is 18.9 Å². The molecule has 1 fully saturated rings. The summed E-state index contributed by atoms with van der Waals surface area (Å²) >= 11 is 0. The topological polar surface area (TPSA) is 61.4 Å². The Morgan fingerprint density at radius 1 is 1.04 bits per heavy atom. The minimum atomic E-state index is -0.0471. The van der Waals surface area contributed by atoms with E-state index in [0.29, 0.717) is 24.7 Å². The number of carbonyl (C=O) groups is 2. The van der Waals surface area contributed by atoms with Gasteiger partial charge in [0.05, 0.1) is 6.54 Å². The van der Waals surface area contributed by atoms with Crippen LogP contribution in [0.5, 0.6) is 0 Å². The first-order valence-electron chi connectivity index (χ1n) is 8.53. The van der Waals surface area contributed by atoms with Crippen LogP contribution in [0, 0.1) is 0 Å². The highest BCUT2D eigenvalue weighted by molar-refractivity contribution is 5.94. The van der Waals surface area contributed by atoms with Crippen molar-refractivity contribution in [1.29, 1.82) is 0 Å². The van der Waals surface area contributed by atoms with Crippen LogP contribution >= 0.6 is 0 Å². The van der Waals surface area contributed by atoms with E-state index in [2.05, 4.69) is 10.6 Å². The van der Waals surface area contributed by atoms with Gasteiger partial charge in [0.1, 0.15) is 0 Å². The molecule has 0 bridgehead atoms. The van der Waals surface area contributed by atoms with Crippen LogP contribution in [0.15, 0.2) is 54.6 Å². The Hall–Kier alpha value is -2.66. The summed E-state index contributed by atoms with van der Waals surface area (Å²) in [4.78, 5) is 26.0. The van der Waals surface area contributed by atoms with Crippen molar-refractivity contribution in [2.45, 2.75) is 25.4 Å². The maximum absolute atomic E-state index is 12.1. The molecule has 0 radical (unpaired) electrons. The van der Waals surface area contributed by atoms with Gasteiger partial charge in [-0.05, 0) is 49.7 Å². The summed E-state index contributed by atoms with van der Waals surface area (Å²) in [6.45, 7) is 0.950. The van der Waals surface area contributed by atoms with Crippen LogP contribution in [-0.4, -0.2) is 36.3 Å². The van der Waals surface area contributed by atoms with E-state index < -0.39 is 0 Å². The van der Waals surface area contributed by atoms with Gasteiger partial charge in [-0.25, -0.2) is 0 Å². The molecule has 1 aliphatic carbocycles. The van der Waals surface area contributed by atoms with Gasteiger partial charge < -0.3 is 10.6 Å². The van der Waals surface area contributed by atoms with Gasteiger partial charge in [0.15, 0.2) is 0 Å². The molecule has 5 nitrogen and oxygen atoms in total. The lowest BCUT2D eigenvalue weighted by Crippen LogP contribution is -2.29. The van der Waals surface area contributed by atoms with Gasteiger partial charge in [0, 0.05) is 23.8 Å². The van der Waals surface area contributed by atoms with Gasteiger partial charge >= 0.3 is 0 Å². The second-order valence-corrected chi connectivity index (χ2v) is 6.53. The Morgan fingerprint density at radius 3 is 2.36 bits per heavy atom. The minimum Gasteiger partial charge on any atom is -0.349 e. The molecule has 25 heavy (non-hydrogen) atoms. The average molecular weight is 337 g/mol. The molecule has 2 amide bonds. The largest absolute Gasteiger partial charge is 0.349 e. The first-order chi connectivity index (χ1) is 12.1. The number of rotatable bonds is 7. The number of hydrogen-bond acceptors (Lipinski definition) is 3. The number of anilines is 1. The lowest BCUT2D eigenvalue weighted by molar-refractivity contribution is -0.117. The molecule has 3 rings (SSSR count). The van der Waals surface area contributed by atoms with Gasteiger partial charge in [-0.3, -0.25) is 14.5 Å². The van der Waals surface area contributed by atoms with Gasteiger partial charge in [-0.2, -0.15) is 0 Å². The van der Waals surface area contributed by atoms with E-state index in [1.165, 1.54) is 0 Å². The van der Waals surface area contributed by atoms with Crippen LogP contribution in [0.25, 0.3) is 0 Å². The molecule has 0 atom stereocenters. The SMILES string of the molecule is CN(CC(=O)Nc1ccccc1)Cc1ccc(C(=O)NC2CC2)cc1. The zero-order chi connectivity index (χ0) is 17.6. The van der Waals surface area contributed by atoms with Gasteiger partial charge in [0.25, 0.3) is 5.91 Å². The molecule has 130 valence electrons. The smallest absolute Gasteiger partial charge is 0.251 e. The van der Waals surface area contributed by atoms with E-state index in [0.717, 1.165) is 24.1 Å². The van der Waals surface area contributed by atoms with Crippen molar-refractivity contribution in [2.24, 2.45) is 0 Å². The Bertz CT molecular complexity index is 724. The average Bonchev–Trinajstić information content (AvgIpc) is 3.40. The Kier molecular flexibility index (Phi) is 5.46. The number of carbonyl (C=O) groups excluding carboxylic acids is 2. The van der Waals surface area contributed by atoms with Crippen molar-refractivity contribution in [3.8, 4) is 0 Å². The molecule has 0 spiro atoms.